The summed E-state index contributed by atoms with van der Waals surface area (Å²) in [6, 6.07) is 0. The van der Waals surface area contributed by atoms with E-state index in [-0.39, 0.29) is 80.0 Å². The number of methoxy groups -OCH3 is 2. The van der Waals surface area contributed by atoms with Crippen molar-refractivity contribution in [3.05, 3.63) is 0 Å². The van der Waals surface area contributed by atoms with Crippen molar-refractivity contribution in [3.63, 3.8) is 0 Å². The van der Waals surface area contributed by atoms with Crippen molar-refractivity contribution in [3.8, 4) is 0 Å². The Morgan fingerprint density at radius 3 is 2.03 bits per heavy atom. The first-order valence-corrected chi connectivity index (χ1v) is 23.1. The molecule has 4 aliphatic carbocycles. The summed E-state index contributed by atoms with van der Waals surface area (Å²) in [5.41, 5.74) is -3.48. The maximum atomic E-state index is 12.9. The number of fused-ring (bicyclic) bond motifs is 5. The summed E-state index contributed by atoms with van der Waals surface area (Å²) in [4.78, 5) is 0. The Bertz CT molecular complexity index is 1550. The predicted octanol–water partition coefficient (Wildman–Crippen LogP) is -3.20. The molecular formula is C41H71NaO18S. The molecule has 0 spiro atoms. The standard InChI is InChI=1S/C41H72O18S.Na/c1-19(2)21(12-15-55-37-35(31(46)25(53-6)18-57-37)58-38-34(54-7)30(45)23(43)17-56-38)9-8-20(3)27-32(47)33(48)36-40(27,5)14-11-26-39(4)13-10-22(42)29(44)28(39)24(16-41(26,36)49)59-60(50,51)52;/h19-38,42-49H,8-18H2,1-7H3,(H,50,51,52);/q;+1/p-1/t20-,21-,22+,23-,24+,25-,26-,27+,28+,29+,30?,31?,32-,33-,34?,35?,36-,37-,38+,39-,40-,41+;/m1./s1. The molecule has 2 saturated heterocycles. The van der Waals surface area contributed by atoms with Gasteiger partial charge in [0.05, 0.1) is 55.9 Å². The third-order valence-corrected chi connectivity index (χ3v) is 16.6. The van der Waals surface area contributed by atoms with E-state index in [9.17, 15) is 53.8 Å². The number of rotatable bonds is 15. The number of aliphatic hydroxyl groups is 8. The smallest absolute Gasteiger partial charge is 0.726 e. The third-order valence-electron chi connectivity index (χ3n) is 16.1. The van der Waals surface area contributed by atoms with Gasteiger partial charge >= 0.3 is 29.6 Å². The van der Waals surface area contributed by atoms with Crippen LogP contribution in [0.25, 0.3) is 0 Å². The van der Waals surface area contributed by atoms with Crippen molar-refractivity contribution in [1.29, 1.82) is 0 Å². The fourth-order valence-corrected chi connectivity index (χ4v) is 13.7. The molecule has 18 nitrogen and oxygen atoms in total. The van der Waals surface area contributed by atoms with Crippen LogP contribution in [0, 0.1) is 52.3 Å². The van der Waals surface area contributed by atoms with E-state index in [0.29, 0.717) is 32.1 Å². The molecule has 0 aromatic heterocycles. The molecule has 22 atom stereocenters. The van der Waals surface area contributed by atoms with Crippen LogP contribution in [-0.4, -0.2) is 173 Å². The van der Waals surface area contributed by atoms with Crippen molar-refractivity contribution < 1.29 is 116 Å². The summed E-state index contributed by atoms with van der Waals surface area (Å²) in [6.07, 6.45) is -12.0. The number of ether oxygens (including phenoxy) is 6. The zero-order valence-corrected chi connectivity index (χ0v) is 39.7. The topological polar surface area (TPSA) is 284 Å². The second kappa shape index (κ2) is 20.3. The minimum absolute atomic E-state index is 0. The number of aliphatic hydroxyl groups excluding tert-OH is 7. The molecule has 6 fully saturated rings. The van der Waals surface area contributed by atoms with Crippen molar-refractivity contribution >= 4 is 10.4 Å². The first-order valence-electron chi connectivity index (χ1n) is 21.7. The molecule has 8 N–H and O–H groups in total. The average molecular weight is 907 g/mol. The van der Waals surface area contributed by atoms with Gasteiger partial charge in [-0.05, 0) is 78.9 Å². The largest absolute Gasteiger partial charge is 1.00 e. The van der Waals surface area contributed by atoms with E-state index >= 15 is 0 Å². The molecule has 0 amide bonds. The minimum atomic E-state index is -5.28. The van der Waals surface area contributed by atoms with E-state index in [1.807, 2.05) is 20.8 Å². The summed E-state index contributed by atoms with van der Waals surface area (Å²) in [5, 5.41) is 90.1. The van der Waals surface area contributed by atoms with Crippen LogP contribution in [0.3, 0.4) is 0 Å². The Hall–Kier alpha value is 0.310. The average Bonchev–Trinajstić information content (AvgIpc) is 3.37. The van der Waals surface area contributed by atoms with Gasteiger partial charge in [0.1, 0.15) is 36.6 Å². The zero-order valence-electron chi connectivity index (χ0n) is 36.9. The zero-order chi connectivity index (χ0) is 44.3. The maximum Gasteiger partial charge on any atom is 1.00 e. The maximum absolute atomic E-state index is 12.9. The van der Waals surface area contributed by atoms with Gasteiger partial charge in [-0.2, -0.15) is 0 Å². The van der Waals surface area contributed by atoms with Gasteiger partial charge in [0.25, 0.3) is 0 Å². The summed E-state index contributed by atoms with van der Waals surface area (Å²) in [6.45, 7) is 10.1. The molecule has 6 aliphatic rings. The van der Waals surface area contributed by atoms with Gasteiger partial charge in [0.2, 0.25) is 10.4 Å². The molecule has 0 bridgehead atoms. The molecule has 0 radical (unpaired) electrons. The van der Waals surface area contributed by atoms with Gasteiger partial charge in [0.15, 0.2) is 12.6 Å². The van der Waals surface area contributed by atoms with E-state index in [0.717, 1.165) is 6.42 Å². The summed E-state index contributed by atoms with van der Waals surface area (Å²) in [7, 11) is -2.49. The van der Waals surface area contributed by atoms with Crippen LogP contribution in [0.4, 0.5) is 0 Å². The Morgan fingerprint density at radius 1 is 0.754 bits per heavy atom. The van der Waals surface area contributed by atoms with Crippen LogP contribution in [0.15, 0.2) is 0 Å². The fraction of sp³-hybridized carbons (Fsp3) is 1.00. The first kappa shape index (κ1) is 52.3. The third kappa shape index (κ3) is 9.98. The molecule has 0 aromatic rings. The van der Waals surface area contributed by atoms with E-state index in [1.54, 1.807) is 0 Å². The Kier molecular flexibility index (Phi) is 17.4. The van der Waals surface area contributed by atoms with Crippen molar-refractivity contribution in [2.45, 2.75) is 171 Å². The molecule has 2 aliphatic heterocycles. The summed E-state index contributed by atoms with van der Waals surface area (Å²) >= 11 is 0. The van der Waals surface area contributed by atoms with Gasteiger partial charge in [-0.1, -0.05) is 41.0 Å². The Morgan fingerprint density at radius 2 is 1.41 bits per heavy atom. The first-order chi connectivity index (χ1) is 28.0. The van der Waals surface area contributed by atoms with Crippen LogP contribution in [0.1, 0.15) is 86.0 Å². The molecular weight excluding hydrogens is 835 g/mol. The van der Waals surface area contributed by atoms with E-state index < -0.39 is 130 Å². The van der Waals surface area contributed by atoms with Crippen molar-refractivity contribution in [1.82, 2.24) is 0 Å². The van der Waals surface area contributed by atoms with Crippen LogP contribution in [0.5, 0.6) is 0 Å². The summed E-state index contributed by atoms with van der Waals surface area (Å²) < 4.78 is 75.7. The molecule has 4 unspecified atom stereocenters. The van der Waals surface area contributed by atoms with Crippen LogP contribution < -0.4 is 29.6 Å². The van der Waals surface area contributed by atoms with Crippen LogP contribution in [0.2, 0.25) is 0 Å². The monoisotopic (exact) mass is 906 g/mol. The van der Waals surface area contributed by atoms with Crippen molar-refractivity contribution in [2.24, 2.45) is 52.3 Å². The normalized spacial score (nSPS) is 48.7. The van der Waals surface area contributed by atoms with Crippen LogP contribution in [-0.2, 0) is 43.0 Å². The number of hydrogen-bond donors (Lipinski definition) is 8. The molecule has 0 aromatic carbocycles. The van der Waals surface area contributed by atoms with Crippen molar-refractivity contribution in [2.75, 3.05) is 34.0 Å². The van der Waals surface area contributed by atoms with E-state index in [1.165, 1.54) is 14.2 Å². The quantitative estimate of drug-likeness (QED) is 0.0456. The van der Waals surface area contributed by atoms with E-state index in [4.69, 9.17) is 32.6 Å². The number of hydrogen-bond acceptors (Lipinski definition) is 18. The Balaban J connectivity index is 0.00000704. The van der Waals surface area contributed by atoms with E-state index in [2.05, 4.69) is 13.8 Å². The van der Waals surface area contributed by atoms with Gasteiger partial charge in [-0.15, -0.1) is 0 Å². The fourth-order valence-electron chi connectivity index (χ4n) is 13.2. The SMILES string of the molecule is COC1C(O)[C@H](O)CO[C@H]1OC1C(O)[C@H](OC)CO[C@H]1OCC[C@@H](CC[C@@H](C)[C@H]1[C@@H](O)[C@@H](O)[C@@H]2[C@]1(C)CC[C@@H]1[C@@]3(C)CC[C@H](O)[C@H](O)[C@@H]3[C@@H](OS(=O)(=O)[O-])C[C@]12O)C(C)C.[Na+]. The Labute approximate surface area is 382 Å². The molecule has 6 rings (SSSR count). The van der Waals surface area contributed by atoms with Gasteiger partial charge in [-0.3, -0.25) is 4.18 Å². The molecule has 350 valence electrons. The van der Waals surface area contributed by atoms with Gasteiger partial charge in [0, 0.05) is 32.5 Å². The second-order valence-electron chi connectivity index (χ2n) is 19.7. The predicted molar refractivity (Wildman–Crippen MR) is 208 cm³/mol. The molecule has 20 heteroatoms. The summed E-state index contributed by atoms with van der Waals surface area (Å²) in [5.74, 6) is -2.59. The van der Waals surface area contributed by atoms with Gasteiger partial charge < -0.3 is 73.8 Å². The molecule has 2 heterocycles. The van der Waals surface area contributed by atoms with Crippen LogP contribution >= 0.6 is 0 Å². The van der Waals surface area contributed by atoms with Gasteiger partial charge in [-0.25, -0.2) is 8.42 Å². The molecule has 61 heavy (non-hydrogen) atoms. The molecule has 4 saturated carbocycles. The second-order valence-corrected chi connectivity index (χ2v) is 20.7. The minimum Gasteiger partial charge on any atom is -0.726 e.